The van der Waals surface area contributed by atoms with Crippen molar-refractivity contribution in [2.75, 3.05) is 26.2 Å². The highest BCUT2D eigenvalue weighted by atomic mass is 35.5. The van der Waals surface area contributed by atoms with E-state index in [4.69, 9.17) is 16.3 Å². The van der Waals surface area contributed by atoms with Crippen molar-refractivity contribution in [3.63, 3.8) is 0 Å². The Hall–Kier alpha value is -1.89. The number of ether oxygens (including phenoxy) is 1. The minimum atomic E-state index is -0.170. The van der Waals surface area contributed by atoms with Gasteiger partial charge in [-0.25, -0.2) is 0 Å². The van der Waals surface area contributed by atoms with Crippen LogP contribution in [0, 0.1) is 5.92 Å². The summed E-state index contributed by atoms with van der Waals surface area (Å²) in [4.78, 5) is 31.3. The van der Waals surface area contributed by atoms with Crippen LogP contribution in [0.4, 0.5) is 0 Å². The SMILES string of the molecule is O=C(c1ccc(Cl)cc1)N1CCCC(C(=O)N(Cc2cccs2)CC2CCCO2)C1. The fourth-order valence-electron chi connectivity index (χ4n) is 4.25. The molecule has 2 unspecified atom stereocenters. The van der Waals surface area contributed by atoms with Crippen molar-refractivity contribution in [3.8, 4) is 0 Å². The smallest absolute Gasteiger partial charge is 0.253 e. The van der Waals surface area contributed by atoms with E-state index in [0.29, 0.717) is 36.8 Å². The molecule has 1 aromatic carbocycles. The lowest BCUT2D eigenvalue weighted by Gasteiger charge is -2.35. The van der Waals surface area contributed by atoms with E-state index in [9.17, 15) is 9.59 Å². The third-order valence-corrected chi connectivity index (χ3v) is 6.95. The number of benzene rings is 1. The molecule has 2 aliphatic rings. The fourth-order valence-corrected chi connectivity index (χ4v) is 5.10. The predicted octanol–water partition coefficient (Wildman–Crippen LogP) is 4.46. The van der Waals surface area contributed by atoms with Crippen LogP contribution in [0.15, 0.2) is 41.8 Å². The molecule has 0 bridgehead atoms. The molecule has 0 N–H and O–H groups in total. The van der Waals surface area contributed by atoms with Crippen molar-refractivity contribution in [2.24, 2.45) is 5.92 Å². The zero-order valence-corrected chi connectivity index (χ0v) is 18.5. The quantitative estimate of drug-likeness (QED) is 0.658. The number of carbonyl (C=O) groups excluding carboxylic acids is 2. The lowest BCUT2D eigenvalue weighted by atomic mass is 9.95. The molecule has 0 aliphatic carbocycles. The van der Waals surface area contributed by atoms with Crippen LogP contribution in [0.2, 0.25) is 5.02 Å². The highest BCUT2D eigenvalue weighted by Crippen LogP contribution is 2.24. The average molecular weight is 447 g/mol. The van der Waals surface area contributed by atoms with Crippen molar-refractivity contribution in [2.45, 2.75) is 38.3 Å². The second-order valence-electron chi connectivity index (χ2n) is 8.03. The molecule has 2 amide bonds. The monoisotopic (exact) mass is 446 g/mol. The van der Waals surface area contributed by atoms with Crippen LogP contribution in [0.25, 0.3) is 0 Å². The minimum Gasteiger partial charge on any atom is -0.376 e. The maximum atomic E-state index is 13.5. The molecule has 30 heavy (non-hydrogen) atoms. The zero-order chi connectivity index (χ0) is 20.9. The van der Waals surface area contributed by atoms with Gasteiger partial charge in [-0.3, -0.25) is 9.59 Å². The number of likely N-dealkylation sites (tertiary alicyclic amines) is 1. The van der Waals surface area contributed by atoms with Crippen LogP contribution in [0.3, 0.4) is 0 Å². The molecular formula is C23H27ClN2O3S. The molecule has 0 radical (unpaired) electrons. The van der Waals surface area contributed by atoms with Gasteiger partial charge in [0.05, 0.1) is 18.6 Å². The molecule has 1 aromatic heterocycles. The number of halogens is 1. The molecule has 2 aromatic rings. The Balaban J connectivity index is 1.44. The average Bonchev–Trinajstić information content (AvgIpc) is 3.47. The molecule has 7 heteroatoms. The molecule has 5 nitrogen and oxygen atoms in total. The second kappa shape index (κ2) is 9.94. The molecule has 2 saturated heterocycles. The first kappa shape index (κ1) is 21.3. The summed E-state index contributed by atoms with van der Waals surface area (Å²) < 4.78 is 5.80. The Morgan fingerprint density at radius 3 is 2.70 bits per heavy atom. The Labute approximate surface area is 186 Å². The van der Waals surface area contributed by atoms with Gasteiger partial charge in [0.15, 0.2) is 0 Å². The highest BCUT2D eigenvalue weighted by Gasteiger charge is 2.33. The maximum Gasteiger partial charge on any atom is 0.253 e. The summed E-state index contributed by atoms with van der Waals surface area (Å²) in [5, 5.41) is 2.65. The molecule has 2 fully saturated rings. The van der Waals surface area contributed by atoms with Crippen LogP contribution in [0.5, 0.6) is 0 Å². The lowest BCUT2D eigenvalue weighted by Crippen LogP contribution is -2.48. The Morgan fingerprint density at radius 1 is 1.17 bits per heavy atom. The first-order valence-corrected chi connectivity index (χ1v) is 11.8. The van der Waals surface area contributed by atoms with Crippen LogP contribution < -0.4 is 0 Å². The van der Waals surface area contributed by atoms with Crippen LogP contribution in [-0.4, -0.2) is 54.0 Å². The summed E-state index contributed by atoms with van der Waals surface area (Å²) in [6.07, 6.45) is 3.82. The molecule has 2 aliphatic heterocycles. The van der Waals surface area contributed by atoms with Gasteiger partial charge in [0.25, 0.3) is 5.91 Å². The highest BCUT2D eigenvalue weighted by molar-refractivity contribution is 7.09. The number of thiophene rings is 1. The first-order chi connectivity index (χ1) is 14.6. The van der Waals surface area contributed by atoms with Crippen LogP contribution in [-0.2, 0) is 16.1 Å². The van der Waals surface area contributed by atoms with E-state index < -0.39 is 0 Å². The normalized spacial score (nSPS) is 21.6. The van der Waals surface area contributed by atoms with E-state index in [-0.39, 0.29) is 23.8 Å². The van der Waals surface area contributed by atoms with Crippen molar-refractivity contribution in [1.29, 1.82) is 0 Å². The third kappa shape index (κ3) is 5.23. The lowest BCUT2D eigenvalue weighted by molar-refractivity contribution is -0.139. The standard InChI is InChI=1S/C23H27ClN2O3S/c24-19-9-7-17(8-10-19)22(27)25-11-1-4-18(14-25)23(28)26(15-20-5-2-12-29-20)16-21-6-3-13-30-21/h3,6-10,13,18,20H,1-2,4-5,11-12,14-16H2. The van der Waals surface area contributed by atoms with Gasteiger partial charge in [-0.05, 0) is 61.4 Å². The van der Waals surface area contributed by atoms with Gasteiger partial charge in [0.2, 0.25) is 5.91 Å². The minimum absolute atomic E-state index is 0.0342. The van der Waals surface area contributed by atoms with Crippen molar-refractivity contribution < 1.29 is 14.3 Å². The van der Waals surface area contributed by atoms with E-state index in [0.717, 1.165) is 32.3 Å². The van der Waals surface area contributed by atoms with Gasteiger partial charge in [-0.1, -0.05) is 17.7 Å². The number of rotatable bonds is 6. The molecule has 0 saturated carbocycles. The van der Waals surface area contributed by atoms with Crippen molar-refractivity contribution in [3.05, 3.63) is 57.2 Å². The van der Waals surface area contributed by atoms with Gasteiger partial charge in [-0.15, -0.1) is 11.3 Å². The maximum absolute atomic E-state index is 13.5. The fraction of sp³-hybridized carbons (Fsp3) is 0.478. The van der Waals surface area contributed by atoms with E-state index in [1.54, 1.807) is 35.6 Å². The number of piperidine rings is 1. The molecule has 2 atom stereocenters. The molecule has 160 valence electrons. The van der Waals surface area contributed by atoms with Gasteiger partial charge >= 0.3 is 0 Å². The summed E-state index contributed by atoms with van der Waals surface area (Å²) in [6, 6.07) is 11.0. The second-order valence-corrected chi connectivity index (χ2v) is 9.50. The van der Waals surface area contributed by atoms with E-state index in [1.165, 1.54) is 4.88 Å². The van der Waals surface area contributed by atoms with Gasteiger partial charge in [0, 0.05) is 41.7 Å². The number of hydrogen-bond acceptors (Lipinski definition) is 4. The zero-order valence-electron chi connectivity index (χ0n) is 17.0. The van der Waals surface area contributed by atoms with E-state index >= 15 is 0 Å². The van der Waals surface area contributed by atoms with Gasteiger partial charge in [-0.2, -0.15) is 0 Å². The molecule has 0 spiro atoms. The Morgan fingerprint density at radius 2 is 2.00 bits per heavy atom. The summed E-state index contributed by atoms with van der Waals surface area (Å²) in [6.45, 7) is 3.16. The first-order valence-electron chi connectivity index (χ1n) is 10.6. The molecule has 4 rings (SSSR count). The number of amides is 2. The summed E-state index contributed by atoms with van der Waals surface area (Å²) in [7, 11) is 0. The largest absolute Gasteiger partial charge is 0.376 e. The summed E-state index contributed by atoms with van der Waals surface area (Å²) in [5.74, 6) is -0.0722. The predicted molar refractivity (Wildman–Crippen MR) is 119 cm³/mol. The third-order valence-electron chi connectivity index (χ3n) is 5.84. The van der Waals surface area contributed by atoms with Crippen molar-refractivity contribution in [1.82, 2.24) is 9.80 Å². The van der Waals surface area contributed by atoms with E-state index in [2.05, 4.69) is 6.07 Å². The number of carbonyl (C=O) groups is 2. The summed E-state index contributed by atoms with van der Waals surface area (Å²) in [5.41, 5.74) is 0.613. The molecule has 3 heterocycles. The topological polar surface area (TPSA) is 49.9 Å². The Bertz CT molecular complexity index is 850. The van der Waals surface area contributed by atoms with Crippen molar-refractivity contribution >= 4 is 34.8 Å². The number of hydrogen-bond donors (Lipinski definition) is 0. The molecular weight excluding hydrogens is 420 g/mol. The van der Waals surface area contributed by atoms with E-state index in [1.807, 2.05) is 21.2 Å². The van der Waals surface area contributed by atoms with Gasteiger partial charge < -0.3 is 14.5 Å². The summed E-state index contributed by atoms with van der Waals surface area (Å²) >= 11 is 7.61. The number of nitrogens with zero attached hydrogens (tertiary/aromatic N) is 2. The van der Waals surface area contributed by atoms with Crippen LogP contribution >= 0.6 is 22.9 Å². The Kier molecular flexibility index (Phi) is 7.08. The van der Waals surface area contributed by atoms with Gasteiger partial charge in [0.1, 0.15) is 0 Å². The van der Waals surface area contributed by atoms with Crippen LogP contribution in [0.1, 0.15) is 40.9 Å².